The van der Waals surface area contributed by atoms with Gasteiger partial charge in [-0.2, -0.15) is 5.26 Å². The first-order valence-electron chi connectivity index (χ1n) is 12.7. The Kier molecular flexibility index (Phi) is 5.46. The third kappa shape index (κ3) is 4.33. The number of oxazole rings is 1. The fourth-order valence-corrected chi connectivity index (χ4v) is 4.86. The molecule has 0 aliphatic carbocycles. The lowest BCUT2D eigenvalue weighted by Crippen LogP contribution is -1.86. The second-order valence-corrected chi connectivity index (χ2v) is 9.46. The van der Waals surface area contributed by atoms with E-state index >= 15 is 0 Å². The summed E-state index contributed by atoms with van der Waals surface area (Å²) in [5.74, 6) is 0.575. The van der Waals surface area contributed by atoms with E-state index in [1.165, 1.54) is 10.9 Å². The van der Waals surface area contributed by atoms with Gasteiger partial charge in [0.1, 0.15) is 5.52 Å². The van der Waals surface area contributed by atoms with Crippen molar-refractivity contribution < 1.29 is 4.42 Å². The Morgan fingerprint density at radius 1 is 0.564 bits per heavy atom. The molecule has 0 fully saturated rings. The molecular formula is C35H21N3O. The number of pyridine rings is 1. The van der Waals surface area contributed by atoms with Crippen molar-refractivity contribution in [1.82, 2.24) is 9.97 Å². The van der Waals surface area contributed by atoms with Gasteiger partial charge < -0.3 is 4.42 Å². The Morgan fingerprint density at radius 3 is 1.82 bits per heavy atom. The van der Waals surface area contributed by atoms with Crippen molar-refractivity contribution in [2.24, 2.45) is 0 Å². The zero-order valence-electron chi connectivity index (χ0n) is 20.9. The molecule has 39 heavy (non-hydrogen) atoms. The summed E-state index contributed by atoms with van der Waals surface area (Å²) in [7, 11) is 0. The zero-order chi connectivity index (χ0) is 26.2. The van der Waals surface area contributed by atoms with Crippen LogP contribution in [0.3, 0.4) is 0 Å². The Hall–Kier alpha value is -5.53. The first kappa shape index (κ1) is 22.7. The average Bonchev–Trinajstić information content (AvgIpc) is 3.45. The van der Waals surface area contributed by atoms with Gasteiger partial charge in [0.05, 0.1) is 22.9 Å². The molecule has 2 aromatic heterocycles. The molecule has 4 nitrogen and oxygen atoms in total. The maximum absolute atomic E-state index is 9.02. The molecule has 2 heterocycles. The Balaban J connectivity index is 1.13. The first-order chi connectivity index (χ1) is 19.2. The third-order valence-corrected chi connectivity index (χ3v) is 7.01. The predicted molar refractivity (Wildman–Crippen MR) is 156 cm³/mol. The molecule has 0 aliphatic heterocycles. The van der Waals surface area contributed by atoms with Crippen LogP contribution in [-0.2, 0) is 0 Å². The summed E-state index contributed by atoms with van der Waals surface area (Å²) < 4.78 is 5.88. The van der Waals surface area contributed by atoms with Gasteiger partial charge in [0.15, 0.2) is 5.58 Å². The van der Waals surface area contributed by atoms with E-state index in [0.29, 0.717) is 11.5 Å². The molecule has 0 spiro atoms. The molecule has 0 N–H and O–H groups in total. The number of rotatable bonds is 4. The van der Waals surface area contributed by atoms with Crippen LogP contribution in [0.4, 0.5) is 0 Å². The lowest BCUT2D eigenvalue weighted by atomic mass is 9.97. The fraction of sp³-hybridized carbons (Fsp3) is 0. The van der Waals surface area contributed by atoms with Gasteiger partial charge in [0.25, 0.3) is 0 Å². The maximum atomic E-state index is 9.02. The first-order valence-corrected chi connectivity index (χ1v) is 12.7. The SMILES string of the molecule is N#Cc1ccc(-c2ccc(-c3ccc4cc(-c5ccc(-c6nc7ccccc7o6)cn5)ccc4c3)cc2)cc1. The summed E-state index contributed by atoms with van der Waals surface area (Å²) in [5, 5.41) is 11.4. The molecule has 7 aromatic rings. The maximum Gasteiger partial charge on any atom is 0.228 e. The molecule has 7 rings (SSSR count). The van der Waals surface area contributed by atoms with E-state index in [9.17, 15) is 0 Å². The van der Waals surface area contributed by atoms with Gasteiger partial charge in [-0.15, -0.1) is 0 Å². The molecular weight excluding hydrogens is 478 g/mol. The topological polar surface area (TPSA) is 62.7 Å². The quantitative estimate of drug-likeness (QED) is 0.242. The summed E-state index contributed by atoms with van der Waals surface area (Å²) >= 11 is 0. The Bertz CT molecular complexity index is 1960. The predicted octanol–water partition coefficient (Wildman–Crippen LogP) is 8.92. The van der Waals surface area contributed by atoms with Gasteiger partial charge in [0.2, 0.25) is 5.89 Å². The van der Waals surface area contributed by atoms with Crippen LogP contribution in [0, 0.1) is 11.3 Å². The van der Waals surface area contributed by atoms with Crippen LogP contribution in [0.1, 0.15) is 5.56 Å². The molecule has 0 radical (unpaired) electrons. The summed E-state index contributed by atoms with van der Waals surface area (Å²) in [6, 6.07) is 43.1. The van der Waals surface area contributed by atoms with Crippen molar-refractivity contribution in [3.8, 4) is 51.0 Å². The number of hydrogen-bond acceptors (Lipinski definition) is 4. The third-order valence-electron chi connectivity index (χ3n) is 7.01. The van der Waals surface area contributed by atoms with Crippen LogP contribution in [0.5, 0.6) is 0 Å². The minimum absolute atomic E-state index is 0.575. The normalized spacial score (nSPS) is 11.1. The number of hydrogen-bond donors (Lipinski definition) is 0. The van der Waals surface area contributed by atoms with Crippen LogP contribution < -0.4 is 0 Å². The van der Waals surface area contributed by atoms with Gasteiger partial charge in [-0.25, -0.2) is 4.98 Å². The van der Waals surface area contributed by atoms with Crippen LogP contribution in [0.25, 0.3) is 66.8 Å². The molecule has 0 aliphatic rings. The minimum atomic E-state index is 0.575. The van der Waals surface area contributed by atoms with Gasteiger partial charge in [-0.3, -0.25) is 4.98 Å². The average molecular weight is 500 g/mol. The van der Waals surface area contributed by atoms with Crippen molar-refractivity contribution >= 4 is 21.9 Å². The van der Waals surface area contributed by atoms with E-state index < -0.39 is 0 Å². The number of aromatic nitrogens is 2. The molecule has 0 atom stereocenters. The van der Waals surface area contributed by atoms with E-state index in [1.807, 2.05) is 66.9 Å². The minimum Gasteiger partial charge on any atom is -0.436 e. The number of para-hydroxylation sites is 2. The highest BCUT2D eigenvalue weighted by atomic mass is 16.3. The lowest BCUT2D eigenvalue weighted by molar-refractivity contribution is 0.619. The monoisotopic (exact) mass is 499 g/mol. The number of benzene rings is 5. The molecule has 5 aromatic carbocycles. The second-order valence-electron chi connectivity index (χ2n) is 9.46. The van der Waals surface area contributed by atoms with Gasteiger partial charge in [-0.1, -0.05) is 72.8 Å². The zero-order valence-corrected chi connectivity index (χ0v) is 20.9. The highest BCUT2D eigenvalue weighted by molar-refractivity contribution is 5.90. The van der Waals surface area contributed by atoms with Crippen LogP contribution in [0.15, 0.2) is 132 Å². The van der Waals surface area contributed by atoms with E-state index in [4.69, 9.17) is 14.7 Å². The number of fused-ring (bicyclic) bond motifs is 2. The highest BCUT2D eigenvalue weighted by Crippen LogP contribution is 2.31. The Labute approximate surface area is 225 Å². The van der Waals surface area contributed by atoms with Gasteiger partial charge >= 0.3 is 0 Å². The molecule has 4 heteroatoms. The lowest BCUT2D eigenvalue weighted by Gasteiger charge is -2.08. The van der Waals surface area contributed by atoms with Crippen molar-refractivity contribution in [2.45, 2.75) is 0 Å². The molecule has 0 unspecified atom stereocenters. The van der Waals surface area contributed by atoms with E-state index in [2.05, 4.69) is 71.7 Å². The van der Waals surface area contributed by atoms with Gasteiger partial charge in [0, 0.05) is 11.8 Å². The summed E-state index contributed by atoms with van der Waals surface area (Å²) in [6.07, 6.45) is 1.81. The molecule has 0 amide bonds. The standard InChI is InChI=1S/C35H21N3O/c36-21-23-5-7-24(8-6-23)25-9-11-26(12-10-25)27-13-14-29-20-30(16-15-28(29)19-27)32-18-17-31(22-37-32)35-38-33-3-1-2-4-34(33)39-35/h1-20,22H. The van der Waals surface area contributed by atoms with Crippen molar-refractivity contribution in [3.63, 3.8) is 0 Å². The summed E-state index contributed by atoms with van der Waals surface area (Å²) in [5.41, 5.74) is 9.65. The molecule has 0 saturated carbocycles. The van der Waals surface area contributed by atoms with E-state index in [0.717, 1.165) is 50.0 Å². The second kappa shape index (κ2) is 9.41. The Morgan fingerprint density at radius 2 is 1.15 bits per heavy atom. The smallest absolute Gasteiger partial charge is 0.228 e. The number of nitrogens with zero attached hydrogens (tertiary/aromatic N) is 3. The van der Waals surface area contributed by atoms with Crippen molar-refractivity contribution in [1.29, 1.82) is 5.26 Å². The van der Waals surface area contributed by atoms with Crippen LogP contribution >= 0.6 is 0 Å². The number of nitriles is 1. The summed E-state index contributed by atoms with van der Waals surface area (Å²) in [4.78, 5) is 9.26. The fourth-order valence-electron chi connectivity index (χ4n) is 4.86. The summed E-state index contributed by atoms with van der Waals surface area (Å²) in [6.45, 7) is 0. The highest BCUT2D eigenvalue weighted by Gasteiger charge is 2.10. The molecule has 0 bridgehead atoms. The van der Waals surface area contributed by atoms with E-state index in [-0.39, 0.29) is 0 Å². The van der Waals surface area contributed by atoms with Gasteiger partial charge in [-0.05, 0) is 81.6 Å². The van der Waals surface area contributed by atoms with Crippen molar-refractivity contribution in [2.75, 3.05) is 0 Å². The van der Waals surface area contributed by atoms with Crippen LogP contribution in [-0.4, -0.2) is 9.97 Å². The largest absolute Gasteiger partial charge is 0.436 e. The van der Waals surface area contributed by atoms with Crippen molar-refractivity contribution in [3.05, 3.63) is 133 Å². The van der Waals surface area contributed by atoms with E-state index in [1.54, 1.807) is 0 Å². The van der Waals surface area contributed by atoms with Crippen LogP contribution in [0.2, 0.25) is 0 Å². The molecule has 0 saturated heterocycles. The molecule has 182 valence electrons.